The summed E-state index contributed by atoms with van der Waals surface area (Å²) < 4.78 is 24.1. The SMILES string of the molecule is COc1cc(C(=O)N2CCc3c(c(COCc4ccc(C)cc4)nn3C)C2)cc(OC)c1OC. The molecule has 8 nitrogen and oxygen atoms in total. The third-order valence-corrected chi connectivity index (χ3v) is 6.15. The van der Waals surface area contributed by atoms with Crippen LogP contribution in [0.5, 0.6) is 17.2 Å². The molecule has 2 aromatic carbocycles. The van der Waals surface area contributed by atoms with Gasteiger partial charge in [-0.1, -0.05) is 29.8 Å². The molecule has 0 aliphatic carbocycles. The molecule has 0 atom stereocenters. The predicted molar refractivity (Wildman–Crippen MR) is 127 cm³/mol. The van der Waals surface area contributed by atoms with Crippen LogP contribution in [-0.4, -0.2) is 48.5 Å². The fraction of sp³-hybridized carbons (Fsp3) is 0.385. The molecule has 1 aromatic heterocycles. The average Bonchev–Trinajstić information content (AvgIpc) is 3.18. The maximum Gasteiger partial charge on any atom is 0.254 e. The first-order valence-corrected chi connectivity index (χ1v) is 11.2. The summed E-state index contributed by atoms with van der Waals surface area (Å²) in [7, 11) is 6.56. The van der Waals surface area contributed by atoms with Crippen molar-refractivity contribution in [1.29, 1.82) is 0 Å². The quantitative estimate of drug-likeness (QED) is 0.505. The summed E-state index contributed by atoms with van der Waals surface area (Å²) in [5.41, 5.74) is 5.89. The Morgan fingerprint density at radius 3 is 2.29 bits per heavy atom. The molecule has 0 saturated heterocycles. The highest BCUT2D eigenvalue weighted by Crippen LogP contribution is 2.38. The number of fused-ring (bicyclic) bond motifs is 1. The number of carbonyl (C=O) groups is 1. The number of carbonyl (C=O) groups excluding carboxylic acids is 1. The fourth-order valence-corrected chi connectivity index (χ4v) is 4.30. The van der Waals surface area contributed by atoms with Gasteiger partial charge < -0.3 is 23.8 Å². The second-order valence-electron chi connectivity index (χ2n) is 8.36. The Kier molecular flexibility index (Phi) is 7.07. The Bertz CT molecular complexity index is 1140. The lowest BCUT2D eigenvalue weighted by Gasteiger charge is -2.28. The number of nitrogens with zero attached hydrogens (tertiary/aromatic N) is 3. The smallest absolute Gasteiger partial charge is 0.254 e. The van der Waals surface area contributed by atoms with Crippen LogP contribution in [0.3, 0.4) is 0 Å². The molecule has 0 spiro atoms. The zero-order valence-corrected chi connectivity index (χ0v) is 20.4. The average molecular weight is 466 g/mol. The van der Waals surface area contributed by atoms with Crippen molar-refractivity contribution in [2.75, 3.05) is 27.9 Å². The highest BCUT2D eigenvalue weighted by atomic mass is 16.5. The van der Waals surface area contributed by atoms with E-state index in [4.69, 9.17) is 18.9 Å². The highest BCUT2D eigenvalue weighted by Gasteiger charge is 2.28. The third-order valence-electron chi connectivity index (χ3n) is 6.15. The summed E-state index contributed by atoms with van der Waals surface area (Å²) in [6, 6.07) is 11.7. The molecular formula is C26H31N3O5. The van der Waals surface area contributed by atoms with Gasteiger partial charge in [0.05, 0.1) is 40.2 Å². The first kappa shape index (κ1) is 23.6. The molecule has 0 unspecified atom stereocenters. The van der Waals surface area contributed by atoms with Crippen LogP contribution in [0.25, 0.3) is 0 Å². The van der Waals surface area contributed by atoms with Gasteiger partial charge >= 0.3 is 0 Å². The van der Waals surface area contributed by atoms with Crippen LogP contribution in [0.15, 0.2) is 36.4 Å². The molecular weight excluding hydrogens is 434 g/mol. The Morgan fingerprint density at radius 1 is 1.00 bits per heavy atom. The summed E-state index contributed by atoms with van der Waals surface area (Å²) >= 11 is 0. The summed E-state index contributed by atoms with van der Waals surface area (Å²) in [5, 5.41) is 4.68. The number of hydrogen-bond donors (Lipinski definition) is 0. The van der Waals surface area contributed by atoms with Crippen LogP contribution in [0, 0.1) is 6.92 Å². The number of benzene rings is 2. The largest absolute Gasteiger partial charge is 0.493 e. The highest BCUT2D eigenvalue weighted by molar-refractivity contribution is 5.95. The van der Waals surface area contributed by atoms with E-state index in [-0.39, 0.29) is 5.91 Å². The van der Waals surface area contributed by atoms with Crippen molar-refractivity contribution in [1.82, 2.24) is 14.7 Å². The van der Waals surface area contributed by atoms with Gasteiger partial charge in [0.1, 0.15) is 0 Å². The van der Waals surface area contributed by atoms with Gasteiger partial charge in [0.15, 0.2) is 11.5 Å². The Hall–Kier alpha value is -3.52. The molecule has 0 bridgehead atoms. The minimum atomic E-state index is -0.0970. The number of amides is 1. The molecule has 0 fully saturated rings. The van der Waals surface area contributed by atoms with E-state index in [0.29, 0.717) is 49.1 Å². The fourth-order valence-electron chi connectivity index (χ4n) is 4.30. The zero-order chi connectivity index (χ0) is 24.2. The van der Waals surface area contributed by atoms with Gasteiger partial charge in [-0.3, -0.25) is 9.48 Å². The lowest BCUT2D eigenvalue weighted by molar-refractivity contribution is 0.0727. The van der Waals surface area contributed by atoms with E-state index in [2.05, 4.69) is 36.3 Å². The molecule has 0 N–H and O–H groups in total. The molecule has 3 aromatic rings. The van der Waals surface area contributed by atoms with E-state index in [1.165, 1.54) is 19.8 Å². The van der Waals surface area contributed by atoms with E-state index >= 15 is 0 Å². The number of aryl methyl sites for hydroxylation is 2. The van der Waals surface area contributed by atoms with Gasteiger partial charge in [-0.2, -0.15) is 5.10 Å². The molecule has 0 radical (unpaired) electrons. The second kappa shape index (κ2) is 10.2. The van der Waals surface area contributed by atoms with E-state index in [0.717, 1.165) is 28.9 Å². The van der Waals surface area contributed by atoms with Crippen molar-refractivity contribution in [3.8, 4) is 17.2 Å². The Labute approximate surface area is 200 Å². The molecule has 1 aliphatic rings. The lowest BCUT2D eigenvalue weighted by Crippen LogP contribution is -2.36. The van der Waals surface area contributed by atoms with Crippen LogP contribution in [0.4, 0.5) is 0 Å². The van der Waals surface area contributed by atoms with Crippen molar-refractivity contribution >= 4 is 5.91 Å². The first-order valence-electron chi connectivity index (χ1n) is 11.2. The number of rotatable bonds is 8. The van der Waals surface area contributed by atoms with Crippen LogP contribution in [-0.2, 0) is 38.0 Å². The predicted octanol–water partition coefficient (Wildman–Crippen LogP) is 3.67. The van der Waals surface area contributed by atoms with Gasteiger partial charge in [0, 0.05) is 43.4 Å². The molecule has 1 amide bonds. The van der Waals surface area contributed by atoms with E-state index in [9.17, 15) is 4.79 Å². The number of hydrogen-bond acceptors (Lipinski definition) is 6. The van der Waals surface area contributed by atoms with Crippen molar-refractivity contribution in [3.63, 3.8) is 0 Å². The number of aromatic nitrogens is 2. The monoisotopic (exact) mass is 465 g/mol. The van der Waals surface area contributed by atoms with Crippen molar-refractivity contribution < 1.29 is 23.7 Å². The Balaban J connectivity index is 1.50. The third kappa shape index (κ3) is 4.72. The van der Waals surface area contributed by atoms with Crippen molar-refractivity contribution in [2.45, 2.75) is 33.1 Å². The zero-order valence-electron chi connectivity index (χ0n) is 20.4. The second-order valence-corrected chi connectivity index (χ2v) is 8.36. The summed E-state index contributed by atoms with van der Waals surface area (Å²) in [6.45, 7) is 4.05. The van der Waals surface area contributed by atoms with Gasteiger partial charge in [0.2, 0.25) is 5.75 Å². The first-order chi connectivity index (χ1) is 16.4. The maximum absolute atomic E-state index is 13.4. The molecule has 4 rings (SSSR count). The number of ether oxygens (including phenoxy) is 4. The van der Waals surface area contributed by atoms with Crippen LogP contribution >= 0.6 is 0 Å². The van der Waals surface area contributed by atoms with E-state index < -0.39 is 0 Å². The molecule has 2 heterocycles. The van der Waals surface area contributed by atoms with Gasteiger partial charge in [-0.05, 0) is 24.6 Å². The van der Waals surface area contributed by atoms with Crippen molar-refractivity contribution in [2.24, 2.45) is 7.05 Å². The minimum Gasteiger partial charge on any atom is -0.493 e. The molecule has 8 heteroatoms. The molecule has 1 aliphatic heterocycles. The summed E-state index contributed by atoms with van der Waals surface area (Å²) in [5.74, 6) is 1.27. The van der Waals surface area contributed by atoms with Crippen LogP contribution in [0.1, 0.15) is 38.4 Å². The van der Waals surface area contributed by atoms with Gasteiger partial charge in [-0.15, -0.1) is 0 Å². The standard InChI is InChI=1S/C26H31N3O5/c1-17-6-8-18(9-7-17)15-34-16-21-20-14-29(11-10-22(20)28(2)27-21)26(30)19-12-23(31-3)25(33-5)24(13-19)32-4/h6-9,12-13H,10-11,14-16H2,1-5H3. The minimum absolute atomic E-state index is 0.0970. The molecule has 180 valence electrons. The maximum atomic E-state index is 13.4. The van der Waals surface area contributed by atoms with Crippen molar-refractivity contribution in [3.05, 3.63) is 70.0 Å². The van der Waals surface area contributed by atoms with Gasteiger partial charge in [-0.25, -0.2) is 0 Å². The lowest BCUT2D eigenvalue weighted by atomic mass is 10.0. The van der Waals surface area contributed by atoms with Gasteiger partial charge in [0.25, 0.3) is 5.91 Å². The van der Waals surface area contributed by atoms with Crippen LogP contribution < -0.4 is 14.2 Å². The molecule has 0 saturated carbocycles. The summed E-state index contributed by atoms with van der Waals surface area (Å²) in [6.07, 6.45) is 0.729. The normalized spacial score (nSPS) is 12.9. The summed E-state index contributed by atoms with van der Waals surface area (Å²) in [4.78, 5) is 15.2. The Morgan fingerprint density at radius 2 is 1.68 bits per heavy atom. The van der Waals surface area contributed by atoms with E-state index in [1.807, 2.05) is 16.6 Å². The molecule has 34 heavy (non-hydrogen) atoms. The topological polar surface area (TPSA) is 75.0 Å². The van der Waals surface area contributed by atoms with E-state index in [1.54, 1.807) is 19.2 Å². The number of methoxy groups -OCH3 is 3. The van der Waals surface area contributed by atoms with Crippen LogP contribution in [0.2, 0.25) is 0 Å².